The Labute approximate surface area is 158 Å². The van der Waals surface area contributed by atoms with Crippen LogP contribution in [0.4, 0.5) is 0 Å². The molecule has 2 aromatic heterocycles. The van der Waals surface area contributed by atoms with Gasteiger partial charge in [0.1, 0.15) is 5.82 Å². The Balaban J connectivity index is 1.51. The number of guanidine groups is 1. The third-order valence-corrected chi connectivity index (χ3v) is 4.42. The summed E-state index contributed by atoms with van der Waals surface area (Å²) in [4.78, 5) is 22.8. The molecule has 3 N–H and O–H groups in total. The average molecular weight is 373 g/mol. The predicted molar refractivity (Wildman–Crippen MR) is 102 cm³/mol. The minimum absolute atomic E-state index is 0.207. The fraction of sp³-hybridized carbons (Fsp3) is 0.556. The van der Waals surface area contributed by atoms with Crippen LogP contribution in [0.3, 0.4) is 0 Å². The van der Waals surface area contributed by atoms with E-state index >= 15 is 0 Å². The highest BCUT2D eigenvalue weighted by atomic mass is 16.3. The summed E-state index contributed by atoms with van der Waals surface area (Å²) in [6.45, 7) is 6.82. The smallest absolute Gasteiger partial charge is 0.222 e. The van der Waals surface area contributed by atoms with Gasteiger partial charge >= 0.3 is 0 Å². The van der Waals surface area contributed by atoms with Crippen molar-refractivity contribution >= 4 is 11.9 Å². The molecule has 0 saturated carbocycles. The maximum absolute atomic E-state index is 11.8. The van der Waals surface area contributed by atoms with E-state index in [-0.39, 0.29) is 11.9 Å². The molecule has 3 rings (SSSR count). The third-order valence-electron chi connectivity index (χ3n) is 4.42. The van der Waals surface area contributed by atoms with Gasteiger partial charge in [-0.2, -0.15) is 5.10 Å². The van der Waals surface area contributed by atoms with Crippen molar-refractivity contribution in [2.75, 3.05) is 26.2 Å². The van der Waals surface area contributed by atoms with E-state index in [2.05, 4.69) is 30.8 Å². The minimum atomic E-state index is 0.207. The number of carbonyl (C=O) groups excluding carboxylic acids is 1. The van der Waals surface area contributed by atoms with Crippen molar-refractivity contribution in [1.82, 2.24) is 30.7 Å². The average Bonchev–Trinajstić information content (AvgIpc) is 3.42. The van der Waals surface area contributed by atoms with Crippen LogP contribution in [0.2, 0.25) is 0 Å². The number of hydrogen-bond acceptors (Lipinski definition) is 5. The molecule has 1 aliphatic heterocycles. The third kappa shape index (κ3) is 5.08. The van der Waals surface area contributed by atoms with E-state index in [0.717, 1.165) is 37.8 Å². The monoisotopic (exact) mass is 373 g/mol. The molecule has 0 aromatic carbocycles. The lowest BCUT2D eigenvalue weighted by Gasteiger charge is -2.18. The number of carbonyl (C=O) groups is 1. The molecule has 27 heavy (non-hydrogen) atoms. The SMILES string of the molecule is CCNC(=NCCc1nc(-c2ccco2)n[nH]1)NC1CCN(C(=O)CC)C1. The zero-order chi connectivity index (χ0) is 19.1. The molecule has 2 aromatic rings. The van der Waals surface area contributed by atoms with Gasteiger partial charge in [-0.25, -0.2) is 4.98 Å². The highest BCUT2D eigenvalue weighted by Crippen LogP contribution is 2.14. The number of nitrogens with one attached hydrogen (secondary N) is 3. The summed E-state index contributed by atoms with van der Waals surface area (Å²) in [6, 6.07) is 3.86. The molecule has 0 spiro atoms. The Kier molecular flexibility index (Phi) is 6.45. The van der Waals surface area contributed by atoms with E-state index in [0.29, 0.717) is 31.0 Å². The van der Waals surface area contributed by atoms with Gasteiger partial charge in [-0.05, 0) is 25.5 Å². The molecule has 146 valence electrons. The lowest BCUT2D eigenvalue weighted by atomic mass is 10.3. The standard InChI is InChI=1S/C18H27N7O2/c1-3-16(26)25-10-8-13(12-25)21-18(19-4-2)20-9-7-15-22-17(24-23-15)14-6-5-11-27-14/h5-6,11,13H,3-4,7-10,12H2,1-2H3,(H2,19,20,21)(H,22,23,24). The Morgan fingerprint density at radius 3 is 3.11 bits per heavy atom. The van der Waals surface area contributed by atoms with Crippen molar-refractivity contribution in [3.63, 3.8) is 0 Å². The summed E-state index contributed by atoms with van der Waals surface area (Å²) < 4.78 is 5.29. The first kappa shape index (κ1) is 18.9. The highest BCUT2D eigenvalue weighted by molar-refractivity contribution is 5.80. The molecular formula is C18H27N7O2. The van der Waals surface area contributed by atoms with E-state index in [1.54, 1.807) is 6.26 Å². The molecule has 0 aliphatic carbocycles. The van der Waals surface area contributed by atoms with Gasteiger partial charge in [-0.1, -0.05) is 6.92 Å². The van der Waals surface area contributed by atoms with E-state index in [9.17, 15) is 4.79 Å². The van der Waals surface area contributed by atoms with Gasteiger partial charge in [-0.3, -0.25) is 14.9 Å². The van der Waals surface area contributed by atoms with Crippen LogP contribution in [0.1, 0.15) is 32.5 Å². The van der Waals surface area contributed by atoms with Crippen molar-refractivity contribution < 1.29 is 9.21 Å². The maximum atomic E-state index is 11.8. The van der Waals surface area contributed by atoms with Crippen LogP contribution in [0.15, 0.2) is 27.8 Å². The lowest BCUT2D eigenvalue weighted by molar-refractivity contribution is -0.129. The van der Waals surface area contributed by atoms with E-state index in [1.165, 1.54) is 0 Å². The van der Waals surface area contributed by atoms with Crippen molar-refractivity contribution in [1.29, 1.82) is 0 Å². The van der Waals surface area contributed by atoms with Crippen LogP contribution < -0.4 is 10.6 Å². The highest BCUT2D eigenvalue weighted by Gasteiger charge is 2.25. The second kappa shape index (κ2) is 9.20. The summed E-state index contributed by atoms with van der Waals surface area (Å²) in [5.74, 6) is 2.93. The number of amides is 1. The summed E-state index contributed by atoms with van der Waals surface area (Å²) in [5, 5.41) is 13.8. The summed E-state index contributed by atoms with van der Waals surface area (Å²) >= 11 is 0. The van der Waals surface area contributed by atoms with E-state index < -0.39 is 0 Å². The molecule has 0 radical (unpaired) electrons. The number of aromatic amines is 1. The lowest BCUT2D eigenvalue weighted by Crippen LogP contribution is -2.45. The van der Waals surface area contributed by atoms with Gasteiger partial charge in [0.15, 0.2) is 11.7 Å². The fourth-order valence-corrected chi connectivity index (χ4v) is 3.04. The molecule has 1 aliphatic rings. The van der Waals surface area contributed by atoms with Crippen LogP contribution in [0.5, 0.6) is 0 Å². The normalized spacial score (nSPS) is 17.3. The van der Waals surface area contributed by atoms with E-state index in [4.69, 9.17) is 4.42 Å². The number of likely N-dealkylation sites (tertiary alicyclic amines) is 1. The number of furan rings is 1. The fourth-order valence-electron chi connectivity index (χ4n) is 3.04. The Morgan fingerprint density at radius 1 is 1.48 bits per heavy atom. The Bertz CT molecular complexity index is 754. The molecule has 3 heterocycles. The quantitative estimate of drug-likeness (QED) is 0.496. The largest absolute Gasteiger partial charge is 0.461 e. The van der Waals surface area contributed by atoms with Gasteiger partial charge in [0.25, 0.3) is 0 Å². The van der Waals surface area contributed by atoms with Crippen LogP contribution in [-0.2, 0) is 11.2 Å². The zero-order valence-electron chi connectivity index (χ0n) is 15.9. The van der Waals surface area contributed by atoms with Gasteiger partial charge in [0.2, 0.25) is 11.7 Å². The summed E-state index contributed by atoms with van der Waals surface area (Å²) in [5.41, 5.74) is 0. The molecule has 1 fully saturated rings. The number of rotatable bonds is 7. The van der Waals surface area contributed by atoms with Gasteiger partial charge in [0.05, 0.1) is 6.26 Å². The van der Waals surface area contributed by atoms with Crippen LogP contribution in [-0.4, -0.2) is 64.2 Å². The van der Waals surface area contributed by atoms with Crippen molar-refractivity contribution in [3.05, 3.63) is 24.2 Å². The predicted octanol–water partition coefficient (Wildman–Crippen LogP) is 1.17. The molecule has 9 nitrogen and oxygen atoms in total. The molecule has 1 saturated heterocycles. The first-order valence-electron chi connectivity index (χ1n) is 9.47. The van der Waals surface area contributed by atoms with Gasteiger partial charge in [-0.15, -0.1) is 0 Å². The van der Waals surface area contributed by atoms with Crippen LogP contribution in [0, 0.1) is 0 Å². The van der Waals surface area contributed by atoms with Crippen LogP contribution in [0.25, 0.3) is 11.6 Å². The minimum Gasteiger partial charge on any atom is -0.461 e. The molecule has 9 heteroatoms. The Morgan fingerprint density at radius 2 is 2.37 bits per heavy atom. The summed E-state index contributed by atoms with van der Waals surface area (Å²) in [6.07, 6.45) is 3.74. The Hall–Kier alpha value is -2.84. The van der Waals surface area contributed by atoms with Gasteiger partial charge in [0, 0.05) is 45.1 Å². The molecule has 1 amide bonds. The maximum Gasteiger partial charge on any atom is 0.222 e. The first-order chi connectivity index (χ1) is 13.2. The molecule has 0 bridgehead atoms. The number of nitrogens with zero attached hydrogens (tertiary/aromatic N) is 4. The van der Waals surface area contributed by atoms with E-state index in [1.807, 2.05) is 30.9 Å². The van der Waals surface area contributed by atoms with Crippen molar-refractivity contribution in [2.45, 2.75) is 39.2 Å². The van der Waals surface area contributed by atoms with Crippen molar-refractivity contribution in [3.8, 4) is 11.6 Å². The van der Waals surface area contributed by atoms with Crippen LogP contribution >= 0.6 is 0 Å². The first-order valence-corrected chi connectivity index (χ1v) is 9.47. The molecule has 1 atom stereocenters. The molecule has 1 unspecified atom stereocenters. The number of hydrogen-bond donors (Lipinski definition) is 3. The summed E-state index contributed by atoms with van der Waals surface area (Å²) in [7, 11) is 0. The second-order valence-electron chi connectivity index (χ2n) is 6.42. The topological polar surface area (TPSA) is 111 Å². The number of H-pyrrole nitrogens is 1. The molecular weight excluding hydrogens is 346 g/mol. The zero-order valence-corrected chi connectivity index (χ0v) is 15.9. The van der Waals surface area contributed by atoms with Crippen molar-refractivity contribution in [2.24, 2.45) is 4.99 Å². The number of aliphatic imine (C=N–C) groups is 1. The number of aromatic nitrogens is 3. The van der Waals surface area contributed by atoms with Gasteiger partial charge < -0.3 is 20.0 Å². The second-order valence-corrected chi connectivity index (χ2v) is 6.42.